The first-order chi connectivity index (χ1) is 4.88. The third-order valence-electron chi connectivity index (χ3n) is 0. The molecule has 0 aromatic heterocycles. The van der Waals surface area contributed by atoms with Gasteiger partial charge in [0.25, 0.3) is 0 Å². The summed E-state index contributed by atoms with van der Waals surface area (Å²) in [4.78, 5) is 0. The fraction of sp³-hybridized carbons (Fsp3) is 0.625. The highest BCUT2D eigenvalue weighted by molar-refractivity contribution is 5.75. The monoisotopic (exact) mass is 157 g/mol. The minimum Gasteiger partial charge on any atom is -0.313 e. The quantitative estimate of drug-likeness (QED) is 0.452. The van der Waals surface area contributed by atoms with Gasteiger partial charge in [-0.25, -0.2) is 0 Å². The molecule has 11 heavy (non-hydrogen) atoms. The van der Waals surface area contributed by atoms with Crippen molar-refractivity contribution in [3.8, 4) is 0 Å². The third kappa shape index (κ3) is 452. The molecule has 0 aliphatic carbocycles. The Bertz CT molecular complexity index is 96.5. The van der Waals surface area contributed by atoms with Crippen LogP contribution in [0.1, 0.15) is 34.6 Å². The van der Waals surface area contributed by atoms with Gasteiger partial charge in [0.1, 0.15) is 0 Å². The second kappa shape index (κ2) is 16.0. The Kier molecular flexibility index (Phi) is 24.1. The Hall–Kier alpha value is -0.990. The van der Waals surface area contributed by atoms with Gasteiger partial charge in [-0.05, 0) is 40.8 Å². The summed E-state index contributed by atoms with van der Waals surface area (Å²) in [7, 11) is 0. The van der Waals surface area contributed by atoms with Crippen LogP contribution in [0.25, 0.3) is 0 Å². The van der Waals surface area contributed by atoms with Gasteiger partial charge >= 0.3 is 0 Å². The maximum Gasteiger partial charge on any atom is 0.00272 e. The third-order valence-corrected chi connectivity index (χ3v) is 0. The molecule has 3 N–H and O–H groups in total. The average molecular weight is 157 g/mol. The highest BCUT2D eigenvalue weighted by Crippen LogP contribution is 1.53. The van der Waals surface area contributed by atoms with Gasteiger partial charge in [0.2, 0.25) is 0 Å². The van der Waals surface area contributed by atoms with Crippen molar-refractivity contribution in [2.75, 3.05) is 0 Å². The van der Waals surface area contributed by atoms with Crippen LogP contribution in [-0.4, -0.2) is 17.6 Å². The van der Waals surface area contributed by atoms with Crippen molar-refractivity contribution >= 4 is 17.6 Å². The first kappa shape index (κ1) is 16.5. The first-order valence-electron chi connectivity index (χ1n) is 3.37. The van der Waals surface area contributed by atoms with Gasteiger partial charge in [-0.2, -0.15) is 0 Å². The molecule has 0 fully saturated rings. The van der Waals surface area contributed by atoms with E-state index in [4.69, 9.17) is 16.2 Å². The Morgan fingerprint density at radius 2 is 0.909 bits per heavy atom. The smallest absolute Gasteiger partial charge is 0.00272 e. The molecule has 0 aliphatic rings. The van der Waals surface area contributed by atoms with Crippen molar-refractivity contribution in [3.63, 3.8) is 0 Å². The lowest BCUT2D eigenvalue weighted by Crippen LogP contribution is -1.67. The van der Waals surface area contributed by atoms with Gasteiger partial charge < -0.3 is 16.2 Å². The lowest BCUT2D eigenvalue weighted by Gasteiger charge is -1.63. The predicted octanol–water partition coefficient (Wildman–Crippen LogP) is 2.75. The van der Waals surface area contributed by atoms with Crippen LogP contribution in [0.15, 0.2) is 0 Å². The predicted molar refractivity (Wildman–Crippen MR) is 52.6 cm³/mol. The van der Waals surface area contributed by atoms with E-state index in [9.17, 15) is 0 Å². The molecule has 0 radical (unpaired) electrons. The molecular weight excluding hydrogens is 138 g/mol. The maximum absolute atomic E-state index is 6.50. The fourth-order valence-electron chi connectivity index (χ4n) is 0. The van der Waals surface area contributed by atoms with Crippen LogP contribution in [-0.2, 0) is 0 Å². The van der Waals surface area contributed by atoms with Gasteiger partial charge in [0, 0.05) is 11.4 Å². The highest BCUT2D eigenvalue weighted by Gasteiger charge is 1.55. The van der Waals surface area contributed by atoms with Crippen LogP contribution in [0.4, 0.5) is 0 Å². The van der Waals surface area contributed by atoms with E-state index in [2.05, 4.69) is 0 Å². The minimum atomic E-state index is 0.667. The van der Waals surface area contributed by atoms with Crippen LogP contribution >= 0.6 is 0 Å². The van der Waals surface area contributed by atoms with E-state index in [0.29, 0.717) is 11.4 Å². The van der Waals surface area contributed by atoms with E-state index in [1.54, 1.807) is 34.6 Å². The zero-order valence-corrected chi connectivity index (χ0v) is 8.08. The van der Waals surface area contributed by atoms with Crippen molar-refractivity contribution in [1.82, 2.24) is 0 Å². The minimum absolute atomic E-state index is 0.667. The zero-order valence-electron chi connectivity index (χ0n) is 8.08. The summed E-state index contributed by atoms with van der Waals surface area (Å²) < 4.78 is 0. The topological polar surface area (TPSA) is 71.6 Å². The van der Waals surface area contributed by atoms with E-state index < -0.39 is 0 Å². The van der Waals surface area contributed by atoms with Crippen molar-refractivity contribution in [3.05, 3.63) is 0 Å². The van der Waals surface area contributed by atoms with Gasteiger partial charge in [-0.1, -0.05) is 0 Å². The molecule has 0 amide bonds. The number of hydrogen-bond donors (Lipinski definition) is 3. The SMILES string of the molecule is CC(C)=N.CC(C)=N.CC=N. The number of nitrogens with one attached hydrogen (secondary N) is 3. The summed E-state index contributed by atoms with van der Waals surface area (Å²) in [6.07, 6.45) is 1.25. The fourth-order valence-corrected chi connectivity index (χ4v) is 0. The van der Waals surface area contributed by atoms with Gasteiger partial charge in [-0.3, -0.25) is 0 Å². The molecule has 0 saturated heterocycles. The van der Waals surface area contributed by atoms with E-state index in [0.717, 1.165) is 0 Å². The zero-order chi connectivity index (χ0) is 9.86. The summed E-state index contributed by atoms with van der Waals surface area (Å²) in [5, 5.41) is 19.1. The molecule has 0 spiro atoms. The second-order valence-corrected chi connectivity index (χ2v) is 2.29. The highest BCUT2D eigenvalue weighted by atomic mass is 14.3. The standard InChI is InChI=1S/2C3H7N.C2H5N/c2*1-3(2)4;1-2-3/h2*4H,1-2H3;2-3H,1H3. The Labute approximate surface area is 69.4 Å². The van der Waals surface area contributed by atoms with Crippen LogP contribution in [0, 0.1) is 16.2 Å². The van der Waals surface area contributed by atoms with Crippen molar-refractivity contribution in [1.29, 1.82) is 16.2 Å². The Morgan fingerprint density at radius 1 is 0.909 bits per heavy atom. The summed E-state index contributed by atoms with van der Waals surface area (Å²) in [5.74, 6) is 0. The number of hydrogen-bond acceptors (Lipinski definition) is 3. The molecule has 0 saturated carbocycles. The van der Waals surface area contributed by atoms with Gasteiger partial charge in [-0.15, -0.1) is 0 Å². The average Bonchev–Trinajstić information content (AvgIpc) is 1.60. The molecule has 0 unspecified atom stereocenters. The first-order valence-corrected chi connectivity index (χ1v) is 3.37. The molecule has 0 atom stereocenters. The van der Waals surface area contributed by atoms with Gasteiger partial charge in [0.15, 0.2) is 0 Å². The summed E-state index contributed by atoms with van der Waals surface area (Å²) in [5.41, 5.74) is 1.33. The Balaban J connectivity index is -0.0000000886. The van der Waals surface area contributed by atoms with E-state index in [-0.39, 0.29) is 0 Å². The number of rotatable bonds is 0. The summed E-state index contributed by atoms with van der Waals surface area (Å²) in [6.45, 7) is 8.67. The van der Waals surface area contributed by atoms with Crippen LogP contribution in [0.5, 0.6) is 0 Å². The second-order valence-electron chi connectivity index (χ2n) is 2.29. The van der Waals surface area contributed by atoms with E-state index in [1.165, 1.54) is 6.21 Å². The molecule has 3 nitrogen and oxygen atoms in total. The van der Waals surface area contributed by atoms with Crippen molar-refractivity contribution < 1.29 is 0 Å². The molecule has 0 bridgehead atoms. The molecule has 0 aliphatic heterocycles. The molecule has 66 valence electrons. The summed E-state index contributed by atoms with van der Waals surface area (Å²) >= 11 is 0. The largest absolute Gasteiger partial charge is 0.313 e. The van der Waals surface area contributed by atoms with Crippen LogP contribution in [0.2, 0.25) is 0 Å². The van der Waals surface area contributed by atoms with Crippen LogP contribution in [0.3, 0.4) is 0 Å². The van der Waals surface area contributed by atoms with Crippen molar-refractivity contribution in [2.45, 2.75) is 34.6 Å². The van der Waals surface area contributed by atoms with Crippen molar-refractivity contribution in [2.24, 2.45) is 0 Å². The Morgan fingerprint density at radius 3 is 0.909 bits per heavy atom. The normalized spacial score (nSPS) is 5.91. The lowest BCUT2D eigenvalue weighted by molar-refractivity contribution is 1.45. The molecule has 0 rings (SSSR count). The van der Waals surface area contributed by atoms with E-state index >= 15 is 0 Å². The summed E-state index contributed by atoms with van der Waals surface area (Å²) in [6, 6.07) is 0. The maximum atomic E-state index is 6.50. The lowest BCUT2D eigenvalue weighted by atomic mass is 10.5. The molecular formula is C8H19N3. The van der Waals surface area contributed by atoms with E-state index in [1.807, 2.05) is 0 Å². The van der Waals surface area contributed by atoms with Crippen LogP contribution < -0.4 is 0 Å². The molecule has 0 heterocycles. The molecule has 0 aromatic rings. The molecule has 3 heteroatoms. The molecule has 0 aromatic carbocycles. The van der Waals surface area contributed by atoms with Gasteiger partial charge in [0.05, 0.1) is 0 Å².